The average molecular weight is 337 g/mol. The highest BCUT2D eigenvalue weighted by atomic mass is 35.5. The molecule has 0 aromatic heterocycles. The number of nitrogens with zero attached hydrogens (tertiary/aromatic N) is 1. The molecule has 0 radical (unpaired) electrons. The molecule has 0 heterocycles. The highest BCUT2D eigenvalue weighted by molar-refractivity contribution is 7.89. The Labute approximate surface area is 135 Å². The number of aryl methyl sites for hydroxylation is 1. The summed E-state index contributed by atoms with van der Waals surface area (Å²) in [4.78, 5) is 2.47. The van der Waals surface area contributed by atoms with Gasteiger partial charge in [0.25, 0.3) is 10.0 Å². The normalized spacial score (nSPS) is 12.2. The first-order chi connectivity index (χ1) is 10.4. The van der Waals surface area contributed by atoms with Gasteiger partial charge < -0.3 is 0 Å². The molecular formula is C16H17ClN2O2S. The summed E-state index contributed by atoms with van der Waals surface area (Å²) in [5.41, 5.74) is 2.48. The van der Waals surface area contributed by atoms with Crippen molar-refractivity contribution < 1.29 is 8.42 Å². The average Bonchev–Trinajstić information content (AvgIpc) is 2.50. The lowest BCUT2D eigenvalue weighted by atomic mass is 10.1. The van der Waals surface area contributed by atoms with Crippen LogP contribution in [-0.2, 0) is 10.0 Å². The maximum Gasteiger partial charge on any atom is 0.276 e. The molecule has 1 N–H and O–H groups in total. The molecule has 0 atom stereocenters. The van der Waals surface area contributed by atoms with Crippen molar-refractivity contribution in [2.75, 3.05) is 0 Å². The minimum absolute atomic E-state index is 0.188. The van der Waals surface area contributed by atoms with Gasteiger partial charge in [-0.1, -0.05) is 48.4 Å². The Balaban J connectivity index is 2.24. The summed E-state index contributed by atoms with van der Waals surface area (Å²) < 4.78 is 24.4. The highest BCUT2D eigenvalue weighted by Crippen LogP contribution is 2.13. The second-order valence-corrected chi connectivity index (χ2v) is 6.92. The summed E-state index contributed by atoms with van der Waals surface area (Å²) in [6.45, 7) is 3.81. The van der Waals surface area contributed by atoms with E-state index in [-0.39, 0.29) is 4.90 Å². The van der Waals surface area contributed by atoms with Crippen LogP contribution < -0.4 is 4.83 Å². The van der Waals surface area contributed by atoms with Gasteiger partial charge in [-0.25, -0.2) is 0 Å². The van der Waals surface area contributed by atoms with Crippen molar-refractivity contribution in [2.45, 2.75) is 25.2 Å². The van der Waals surface area contributed by atoms with Gasteiger partial charge in [0, 0.05) is 5.02 Å². The molecular weight excluding hydrogens is 320 g/mol. The zero-order chi connectivity index (χ0) is 16.2. The molecule has 0 unspecified atom stereocenters. The summed E-state index contributed by atoms with van der Waals surface area (Å²) in [7, 11) is -3.66. The second-order valence-electron chi connectivity index (χ2n) is 4.83. The van der Waals surface area contributed by atoms with Crippen LogP contribution in [0.2, 0.25) is 5.02 Å². The minimum Gasteiger partial charge on any atom is -0.200 e. The molecule has 0 amide bonds. The van der Waals surface area contributed by atoms with Crippen LogP contribution in [0.5, 0.6) is 0 Å². The standard InChI is InChI=1S/C16H17ClN2O2S/c1-3-16(13-6-8-14(17)9-7-13)18-19-22(20,21)15-10-4-12(2)5-11-15/h4-11,19H,3H2,1-2H3. The fourth-order valence-electron chi connectivity index (χ4n) is 1.88. The van der Waals surface area contributed by atoms with Crippen LogP contribution >= 0.6 is 11.6 Å². The Morgan fingerprint density at radius 3 is 2.23 bits per heavy atom. The van der Waals surface area contributed by atoms with Crippen LogP contribution in [0.25, 0.3) is 0 Å². The highest BCUT2D eigenvalue weighted by Gasteiger charge is 2.13. The zero-order valence-corrected chi connectivity index (χ0v) is 13.9. The number of hydrogen-bond donors (Lipinski definition) is 1. The topological polar surface area (TPSA) is 58.5 Å². The number of halogens is 1. The third-order valence-electron chi connectivity index (χ3n) is 3.14. The lowest BCUT2D eigenvalue weighted by Crippen LogP contribution is -2.20. The molecule has 0 aliphatic carbocycles. The van der Waals surface area contributed by atoms with Gasteiger partial charge in [-0.15, -0.1) is 0 Å². The molecule has 4 nitrogen and oxygen atoms in total. The molecule has 0 saturated heterocycles. The van der Waals surface area contributed by atoms with Crippen molar-refractivity contribution in [1.29, 1.82) is 0 Å². The molecule has 22 heavy (non-hydrogen) atoms. The Morgan fingerprint density at radius 2 is 1.68 bits per heavy atom. The Kier molecular flexibility index (Phi) is 5.21. The first-order valence-corrected chi connectivity index (χ1v) is 8.69. The Hall–Kier alpha value is -1.85. The molecule has 2 aromatic rings. The molecule has 116 valence electrons. The van der Waals surface area contributed by atoms with Crippen molar-refractivity contribution in [3.63, 3.8) is 0 Å². The number of hydrazone groups is 1. The number of sulfonamides is 1. The maximum absolute atomic E-state index is 12.2. The van der Waals surface area contributed by atoms with Crippen LogP contribution in [0.15, 0.2) is 58.5 Å². The summed E-state index contributed by atoms with van der Waals surface area (Å²) in [5.74, 6) is 0. The number of benzene rings is 2. The van der Waals surface area contributed by atoms with E-state index in [1.54, 1.807) is 36.4 Å². The molecule has 0 aliphatic heterocycles. The predicted octanol–water partition coefficient (Wildman–Crippen LogP) is 3.74. The number of hydrogen-bond acceptors (Lipinski definition) is 3. The molecule has 0 saturated carbocycles. The third kappa shape index (κ3) is 4.08. The molecule has 2 aromatic carbocycles. The minimum atomic E-state index is -3.66. The van der Waals surface area contributed by atoms with Gasteiger partial charge in [-0.2, -0.15) is 18.4 Å². The quantitative estimate of drug-likeness (QED) is 0.668. The van der Waals surface area contributed by atoms with E-state index >= 15 is 0 Å². The third-order valence-corrected chi connectivity index (χ3v) is 4.62. The lowest BCUT2D eigenvalue weighted by Gasteiger charge is -2.07. The van der Waals surface area contributed by atoms with Crippen molar-refractivity contribution >= 4 is 27.3 Å². The van der Waals surface area contributed by atoms with Crippen molar-refractivity contribution in [1.82, 2.24) is 4.83 Å². The fraction of sp³-hybridized carbons (Fsp3) is 0.188. The van der Waals surface area contributed by atoms with Gasteiger partial charge in [0.15, 0.2) is 0 Å². The van der Waals surface area contributed by atoms with Gasteiger partial charge in [-0.3, -0.25) is 0 Å². The van der Waals surface area contributed by atoms with Gasteiger partial charge >= 0.3 is 0 Å². The van der Waals surface area contributed by atoms with E-state index in [9.17, 15) is 8.42 Å². The van der Waals surface area contributed by atoms with Crippen LogP contribution in [0, 0.1) is 6.92 Å². The fourth-order valence-corrected chi connectivity index (χ4v) is 2.83. The maximum atomic E-state index is 12.2. The number of nitrogens with one attached hydrogen (secondary N) is 1. The summed E-state index contributed by atoms with van der Waals surface area (Å²) in [6, 6.07) is 13.7. The van der Waals surface area contributed by atoms with Gasteiger partial charge in [0.1, 0.15) is 0 Å². The van der Waals surface area contributed by atoms with Crippen molar-refractivity contribution in [3.05, 3.63) is 64.7 Å². The summed E-state index contributed by atoms with van der Waals surface area (Å²) >= 11 is 5.85. The van der Waals surface area contributed by atoms with E-state index in [2.05, 4.69) is 9.93 Å². The Bertz CT molecular complexity index is 767. The second kappa shape index (κ2) is 6.94. The first-order valence-electron chi connectivity index (χ1n) is 6.83. The number of rotatable bonds is 5. The molecule has 0 aliphatic rings. The van der Waals surface area contributed by atoms with Crippen molar-refractivity contribution in [2.24, 2.45) is 5.10 Å². The molecule has 0 fully saturated rings. The monoisotopic (exact) mass is 336 g/mol. The van der Waals surface area contributed by atoms with E-state index in [1.165, 1.54) is 0 Å². The van der Waals surface area contributed by atoms with E-state index in [0.29, 0.717) is 17.2 Å². The largest absolute Gasteiger partial charge is 0.276 e. The summed E-state index contributed by atoms with van der Waals surface area (Å²) in [6.07, 6.45) is 0.595. The van der Waals surface area contributed by atoms with Crippen molar-refractivity contribution in [3.8, 4) is 0 Å². The Morgan fingerprint density at radius 1 is 1.09 bits per heavy atom. The predicted molar refractivity (Wildman–Crippen MR) is 89.8 cm³/mol. The van der Waals surface area contributed by atoms with Crippen LogP contribution in [0.4, 0.5) is 0 Å². The first kappa shape index (κ1) is 16.5. The SMILES string of the molecule is CCC(=NNS(=O)(=O)c1ccc(C)cc1)c1ccc(Cl)cc1. The lowest BCUT2D eigenvalue weighted by molar-refractivity contribution is 0.584. The van der Waals surface area contributed by atoms with Crippen LogP contribution in [-0.4, -0.2) is 14.1 Å². The van der Waals surface area contributed by atoms with E-state index in [0.717, 1.165) is 11.1 Å². The van der Waals surface area contributed by atoms with Crippen LogP contribution in [0.1, 0.15) is 24.5 Å². The van der Waals surface area contributed by atoms with E-state index < -0.39 is 10.0 Å². The van der Waals surface area contributed by atoms with Gasteiger partial charge in [-0.05, 0) is 43.2 Å². The molecule has 2 rings (SSSR count). The summed E-state index contributed by atoms with van der Waals surface area (Å²) in [5, 5.41) is 4.67. The van der Waals surface area contributed by atoms with Gasteiger partial charge in [0.05, 0.1) is 10.6 Å². The van der Waals surface area contributed by atoms with E-state index in [4.69, 9.17) is 11.6 Å². The van der Waals surface area contributed by atoms with Gasteiger partial charge in [0.2, 0.25) is 0 Å². The van der Waals surface area contributed by atoms with Crippen LogP contribution in [0.3, 0.4) is 0 Å². The molecule has 6 heteroatoms. The van der Waals surface area contributed by atoms with E-state index in [1.807, 2.05) is 26.0 Å². The molecule has 0 bridgehead atoms. The molecule has 0 spiro atoms. The smallest absolute Gasteiger partial charge is 0.200 e. The zero-order valence-electron chi connectivity index (χ0n) is 12.4.